The van der Waals surface area contributed by atoms with Gasteiger partial charge in [0.2, 0.25) is 5.91 Å². The Kier molecular flexibility index (Phi) is 27.7. The fourth-order valence-corrected chi connectivity index (χ4v) is 0.904. The molecule has 0 spiro atoms. The Hall–Kier alpha value is 0.872. The molecular formula is C6H11AlCl3NO. The van der Waals surface area contributed by atoms with Crippen molar-refractivity contribution >= 4 is 23.3 Å². The van der Waals surface area contributed by atoms with Gasteiger partial charge in [0.05, 0.1) is 0 Å². The summed E-state index contributed by atoms with van der Waals surface area (Å²) in [6.07, 6.45) is 4.18. The molecule has 1 heterocycles. The summed E-state index contributed by atoms with van der Waals surface area (Å²) >= 11 is 0. The number of halogens is 3. The molecule has 12 heavy (non-hydrogen) atoms. The maximum atomic E-state index is 10.6. The van der Waals surface area contributed by atoms with Crippen LogP contribution in [-0.2, 0) is 4.79 Å². The fraction of sp³-hybridized carbons (Fsp3) is 0.833. The molecule has 1 amide bonds. The second kappa shape index (κ2) is 14.4. The van der Waals surface area contributed by atoms with Crippen molar-refractivity contribution in [2.45, 2.75) is 25.7 Å². The largest absolute Gasteiger partial charge is 3.00 e. The average Bonchev–Trinajstić information content (AvgIpc) is 1.94. The number of hydrogen-bond donors (Lipinski definition) is 1. The van der Waals surface area contributed by atoms with Crippen LogP contribution < -0.4 is 42.5 Å². The van der Waals surface area contributed by atoms with E-state index in [1.165, 1.54) is 6.42 Å². The van der Waals surface area contributed by atoms with Crippen LogP contribution in [0.15, 0.2) is 0 Å². The molecule has 1 saturated heterocycles. The van der Waals surface area contributed by atoms with Crippen LogP contribution in [0.3, 0.4) is 0 Å². The first-order valence-electron chi connectivity index (χ1n) is 3.16. The fourth-order valence-electron chi connectivity index (χ4n) is 0.904. The van der Waals surface area contributed by atoms with Gasteiger partial charge >= 0.3 is 17.4 Å². The van der Waals surface area contributed by atoms with Crippen LogP contribution in [0.25, 0.3) is 0 Å². The van der Waals surface area contributed by atoms with E-state index in [0.717, 1.165) is 25.8 Å². The topological polar surface area (TPSA) is 29.1 Å². The van der Waals surface area contributed by atoms with Gasteiger partial charge in [0.15, 0.2) is 0 Å². The average molecular weight is 247 g/mol. The summed E-state index contributed by atoms with van der Waals surface area (Å²) in [6, 6.07) is 0. The number of rotatable bonds is 0. The SMILES string of the molecule is O=C1CCCCCN1.[Al+3].[Cl-].[Cl-].[Cl-]. The zero-order valence-corrected chi connectivity index (χ0v) is 10.1. The summed E-state index contributed by atoms with van der Waals surface area (Å²) in [7, 11) is 0. The molecule has 1 rings (SSSR count). The number of nitrogens with one attached hydrogen (secondary N) is 1. The van der Waals surface area contributed by atoms with Gasteiger partial charge in [0.25, 0.3) is 0 Å². The summed E-state index contributed by atoms with van der Waals surface area (Å²) in [4.78, 5) is 10.6. The molecule has 6 heteroatoms. The summed E-state index contributed by atoms with van der Waals surface area (Å²) in [5.41, 5.74) is 0. The van der Waals surface area contributed by atoms with E-state index in [2.05, 4.69) is 5.32 Å². The van der Waals surface area contributed by atoms with Gasteiger partial charge in [0.1, 0.15) is 0 Å². The summed E-state index contributed by atoms with van der Waals surface area (Å²) in [5, 5.41) is 2.81. The minimum absolute atomic E-state index is 0. The Labute approximate surface area is 103 Å². The Morgan fingerprint density at radius 1 is 1.00 bits per heavy atom. The van der Waals surface area contributed by atoms with Gasteiger partial charge in [0, 0.05) is 13.0 Å². The first kappa shape index (κ1) is 23.0. The number of carbonyl (C=O) groups excluding carboxylic acids is 1. The minimum atomic E-state index is 0. The Morgan fingerprint density at radius 3 is 2.17 bits per heavy atom. The molecule has 0 aromatic rings. The third-order valence-electron chi connectivity index (χ3n) is 1.40. The van der Waals surface area contributed by atoms with Crippen molar-refractivity contribution in [2.24, 2.45) is 0 Å². The molecule has 2 nitrogen and oxygen atoms in total. The molecule has 0 radical (unpaired) electrons. The minimum Gasteiger partial charge on any atom is -1.00 e. The van der Waals surface area contributed by atoms with E-state index in [1.807, 2.05) is 0 Å². The molecule has 0 bridgehead atoms. The van der Waals surface area contributed by atoms with Crippen LogP contribution in [0.2, 0.25) is 0 Å². The second-order valence-electron chi connectivity index (χ2n) is 2.16. The normalized spacial score (nSPS) is 14.5. The monoisotopic (exact) mass is 245 g/mol. The third-order valence-corrected chi connectivity index (χ3v) is 1.40. The van der Waals surface area contributed by atoms with E-state index >= 15 is 0 Å². The summed E-state index contributed by atoms with van der Waals surface area (Å²) < 4.78 is 0. The third kappa shape index (κ3) is 10.9. The zero-order chi connectivity index (χ0) is 5.82. The van der Waals surface area contributed by atoms with Crippen molar-refractivity contribution < 1.29 is 42.0 Å². The van der Waals surface area contributed by atoms with Gasteiger partial charge in [-0.2, -0.15) is 0 Å². The maximum absolute atomic E-state index is 10.6. The van der Waals surface area contributed by atoms with Crippen LogP contribution in [0.1, 0.15) is 25.7 Å². The van der Waals surface area contributed by atoms with Gasteiger partial charge in [-0.25, -0.2) is 0 Å². The molecular weight excluding hydrogens is 235 g/mol. The van der Waals surface area contributed by atoms with E-state index in [0.29, 0.717) is 0 Å². The molecule has 0 aromatic heterocycles. The van der Waals surface area contributed by atoms with Crippen molar-refractivity contribution in [3.8, 4) is 0 Å². The van der Waals surface area contributed by atoms with Gasteiger partial charge in [-0.1, -0.05) is 6.42 Å². The van der Waals surface area contributed by atoms with Crippen molar-refractivity contribution in [1.29, 1.82) is 0 Å². The predicted molar refractivity (Wildman–Crippen MR) is 37.2 cm³/mol. The van der Waals surface area contributed by atoms with Gasteiger partial charge < -0.3 is 42.5 Å². The van der Waals surface area contributed by atoms with Crippen LogP contribution in [-0.4, -0.2) is 29.8 Å². The molecule has 0 atom stereocenters. The predicted octanol–water partition coefficient (Wildman–Crippen LogP) is -8.69. The standard InChI is InChI=1S/C6H11NO.Al.3ClH/c8-6-4-2-1-3-5-7-6;;;;/h1-5H2,(H,7,8);;3*1H/q;+3;;;/p-3. The van der Waals surface area contributed by atoms with E-state index in [-0.39, 0.29) is 60.5 Å². The number of hydrogen-bond acceptors (Lipinski definition) is 1. The van der Waals surface area contributed by atoms with E-state index in [4.69, 9.17) is 0 Å². The van der Waals surface area contributed by atoms with Crippen molar-refractivity contribution in [3.63, 3.8) is 0 Å². The van der Waals surface area contributed by atoms with Crippen LogP contribution in [0, 0.1) is 0 Å². The molecule has 1 N–H and O–H groups in total. The van der Waals surface area contributed by atoms with Gasteiger partial charge in [-0.15, -0.1) is 0 Å². The van der Waals surface area contributed by atoms with Crippen molar-refractivity contribution in [2.75, 3.05) is 6.54 Å². The van der Waals surface area contributed by atoms with Crippen LogP contribution in [0.4, 0.5) is 0 Å². The Balaban J connectivity index is -0.0000000800. The smallest absolute Gasteiger partial charge is 1.00 e. The molecule has 0 aromatic carbocycles. The quantitative estimate of drug-likeness (QED) is 0.423. The van der Waals surface area contributed by atoms with Crippen molar-refractivity contribution in [3.05, 3.63) is 0 Å². The Morgan fingerprint density at radius 2 is 1.58 bits per heavy atom. The molecule has 70 valence electrons. The van der Waals surface area contributed by atoms with E-state index in [9.17, 15) is 4.79 Å². The first-order chi connectivity index (χ1) is 3.89. The first-order valence-corrected chi connectivity index (χ1v) is 3.16. The number of carbonyl (C=O) groups is 1. The molecule has 1 fully saturated rings. The maximum Gasteiger partial charge on any atom is 3.00 e. The van der Waals surface area contributed by atoms with Gasteiger partial charge in [-0.05, 0) is 12.8 Å². The van der Waals surface area contributed by atoms with Crippen LogP contribution in [0.5, 0.6) is 0 Å². The molecule has 0 unspecified atom stereocenters. The number of amides is 1. The summed E-state index contributed by atoms with van der Waals surface area (Å²) in [5.74, 6) is 0.225. The molecule has 0 aliphatic carbocycles. The molecule has 1 aliphatic rings. The van der Waals surface area contributed by atoms with Gasteiger partial charge in [-0.3, -0.25) is 4.79 Å². The van der Waals surface area contributed by atoms with E-state index < -0.39 is 0 Å². The zero-order valence-electron chi connectivity index (χ0n) is 6.66. The van der Waals surface area contributed by atoms with Crippen LogP contribution >= 0.6 is 0 Å². The summed E-state index contributed by atoms with van der Waals surface area (Å²) in [6.45, 7) is 0.888. The molecule has 0 saturated carbocycles. The van der Waals surface area contributed by atoms with E-state index in [1.54, 1.807) is 0 Å². The molecule has 1 aliphatic heterocycles. The Bertz CT molecular complexity index is 94.8. The second-order valence-corrected chi connectivity index (χ2v) is 2.16. The van der Waals surface area contributed by atoms with Crippen molar-refractivity contribution in [1.82, 2.24) is 5.32 Å².